The highest BCUT2D eigenvalue weighted by atomic mass is 19.1. The molecule has 0 spiro atoms. The van der Waals surface area contributed by atoms with Gasteiger partial charge in [-0.15, -0.1) is 0 Å². The van der Waals surface area contributed by atoms with Crippen molar-refractivity contribution in [3.63, 3.8) is 0 Å². The summed E-state index contributed by atoms with van der Waals surface area (Å²) in [6.07, 6.45) is 10.3. The van der Waals surface area contributed by atoms with Gasteiger partial charge in [0.2, 0.25) is 0 Å². The lowest BCUT2D eigenvalue weighted by Crippen LogP contribution is -2.58. The lowest BCUT2D eigenvalue weighted by Gasteiger charge is -2.47. The lowest BCUT2D eigenvalue weighted by atomic mass is 9.88. The maximum absolute atomic E-state index is 13.2. The van der Waals surface area contributed by atoms with E-state index in [1.165, 1.54) is 51.5 Å². The highest BCUT2D eigenvalue weighted by Gasteiger charge is 2.33. The van der Waals surface area contributed by atoms with Gasteiger partial charge < -0.3 is 10.0 Å². The molecular formula is C24H38FN3O. The zero-order valence-electron chi connectivity index (χ0n) is 17.8. The quantitative estimate of drug-likeness (QED) is 0.784. The van der Waals surface area contributed by atoms with Crippen molar-refractivity contribution in [1.29, 1.82) is 0 Å². The minimum Gasteiger partial charge on any atom is -0.396 e. The van der Waals surface area contributed by atoms with E-state index in [9.17, 15) is 9.50 Å². The summed E-state index contributed by atoms with van der Waals surface area (Å²) in [7, 11) is 0. The van der Waals surface area contributed by atoms with Crippen molar-refractivity contribution >= 4 is 5.69 Å². The zero-order chi connectivity index (χ0) is 20.1. The van der Waals surface area contributed by atoms with Crippen LogP contribution in [0.1, 0.15) is 51.4 Å². The van der Waals surface area contributed by atoms with Crippen molar-refractivity contribution in [2.24, 2.45) is 5.92 Å². The summed E-state index contributed by atoms with van der Waals surface area (Å²) in [6, 6.07) is 8.07. The summed E-state index contributed by atoms with van der Waals surface area (Å²) in [6.45, 7) is 7.04. The summed E-state index contributed by atoms with van der Waals surface area (Å²) in [5.74, 6) is 0.708. The van der Waals surface area contributed by atoms with Crippen LogP contribution in [0.3, 0.4) is 0 Å². The molecule has 1 saturated carbocycles. The van der Waals surface area contributed by atoms with Crippen LogP contribution in [-0.4, -0.2) is 72.9 Å². The number of aliphatic hydroxyl groups excluding tert-OH is 1. The van der Waals surface area contributed by atoms with Crippen LogP contribution in [0, 0.1) is 11.7 Å². The first kappa shape index (κ1) is 21.1. The zero-order valence-corrected chi connectivity index (χ0v) is 17.8. The molecule has 2 saturated heterocycles. The molecule has 0 bridgehead atoms. The smallest absolute Gasteiger partial charge is 0.123 e. The molecule has 1 aliphatic carbocycles. The molecule has 3 aliphatic rings. The Bertz CT molecular complexity index is 611. The van der Waals surface area contributed by atoms with E-state index in [0.29, 0.717) is 18.7 Å². The standard InChI is InChI=1S/C24H38FN3O/c25-21-6-8-22(9-7-21)26-13-10-23(11-14-26)28-16-15-27(24(19-28)12-17-29)18-20-4-2-1-3-5-20/h6-9,20,23-24,29H,1-5,10-19H2. The second-order valence-corrected chi connectivity index (χ2v) is 9.35. The molecule has 0 amide bonds. The molecule has 3 fully saturated rings. The molecule has 5 heteroatoms. The van der Waals surface area contributed by atoms with Gasteiger partial charge in [0.05, 0.1) is 0 Å². The monoisotopic (exact) mass is 403 g/mol. The molecule has 2 heterocycles. The molecule has 1 atom stereocenters. The number of hydrogen-bond donors (Lipinski definition) is 1. The Morgan fingerprint density at radius 2 is 1.62 bits per heavy atom. The normalized spacial score (nSPS) is 26.1. The molecule has 4 nitrogen and oxygen atoms in total. The molecule has 2 aliphatic heterocycles. The average Bonchev–Trinajstić information content (AvgIpc) is 2.77. The third-order valence-corrected chi connectivity index (χ3v) is 7.49. The maximum Gasteiger partial charge on any atom is 0.123 e. The number of aliphatic hydroxyl groups is 1. The molecule has 1 N–H and O–H groups in total. The molecule has 1 unspecified atom stereocenters. The van der Waals surface area contributed by atoms with E-state index in [1.54, 1.807) is 12.1 Å². The largest absolute Gasteiger partial charge is 0.396 e. The van der Waals surface area contributed by atoms with Crippen molar-refractivity contribution in [1.82, 2.24) is 9.80 Å². The Morgan fingerprint density at radius 3 is 2.31 bits per heavy atom. The highest BCUT2D eigenvalue weighted by Crippen LogP contribution is 2.28. The fraction of sp³-hybridized carbons (Fsp3) is 0.750. The van der Waals surface area contributed by atoms with Gasteiger partial charge in [0, 0.05) is 63.6 Å². The number of halogens is 1. The number of nitrogens with zero attached hydrogens (tertiary/aromatic N) is 3. The van der Waals surface area contributed by atoms with E-state index < -0.39 is 0 Å². The molecule has 1 aromatic rings. The van der Waals surface area contributed by atoms with Gasteiger partial charge >= 0.3 is 0 Å². The van der Waals surface area contributed by atoms with Crippen LogP contribution < -0.4 is 4.90 Å². The number of piperazine rings is 1. The van der Waals surface area contributed by atoms with Gasteiger partial charge in [-0.2, -0.15) is 0 Å². The van der Waals surface area contributed by atoms with Crippen molar-refractivity contribution in [2.45, 2.75) is 63.5 Å². The molecular weight excluding hydrogens is 365 g/mol. The van der Waals surface area contributed by atoms with Crippen molar-refractivity contribution in [2.75, 3.05) is 50.8 Å². The first-order valence-corrected chi connectivity index (χ1v) is 11.8. The van der Waals surface area contributed by atoms with E-state index in [1.807, 2.05) is 12.1 Å². The van der Waals surface area contributed by atoms with Crippen LogP contribution in [0.4, 0.5) is 10.1 Å². The summed E-state index contributed by atoms with van der Waals surface area (Å²) < 4.78 is 13.2. The highest BCUT2D eigenvalue weighted by molar-refractivity contribution is 5.46. The topological polar surface area (TPSA) is 30.0 Å². The molecule has 1 aromatic carbocycles. The number of piperidine rings is 1. The average molecular weight is 404 g/mol. The summed E-state index contributed by atoms with van der Waals surface area (Å²) in [5.41, 5.74) is 1.14. The maximum atomic E-state index is 13.2. The number of benzene rings is 1. The Hall–Kier alpha value is -1.17. The second kappa shape index (κ2) is 10.2. The third-order valence-electron chi connectivity index (χ3n) is 7.49. The van der Waals surface area contributed by atoms with E-state index >= 15 is 0 Å². The Balaban J connectivity index is 1.29. The van der Waals surface area contributed by atoms with Gasteiger partial charge in [0.15, 0.2) is 0 Å². The molecule has 162 valence electrons. The van der Waals surface area contributed by atoms with Gasteiger partial charge in [-0.3, -0.25) is 9.80 Å². The van der Waals surface area contributed by atoms with Crippen molar-refractivity contribution in [3.05, 3.63) is 30.1 Å². The van der Waals surface area contributed by atoms with Crippen molar-refractivity contribution in [3.8, 4) is 0 Å². The number of rotatable bonds is 6. The Morgan fingerprint density at radius 1 is 0.897 bits per heavy atom. The molecule has 29 heavy (non-hydrogen) atoms. The van der Waals surface area contributed by atoms with Crippen LogP contribution >= 0.6 is 0 Å². The van der Waals surface area contributed by atoms with Gasteiger partial charge in [0.1, 0.15) is 5.82 Å². The number of hydrogen-bond acceptors (Lipinski definition) is 4. The fourth-order valence-electron chi connectivity index (χ4n) is 5.75. The third kappa shape index (κ3) is 5.50. The van der Waals surface area contributed by atoms with E-state index in [2.05, 4.69) is 14.7 Å². The SMILES string of the molecule is OCCC1CN(C2CCN(c3ccc(F)cc3)CC2)CCN1CC1CCCCC1. The number of anilines is 1. The van der Waals surface area contributed by atoms with Crippen LogP contribution in [0.15, 0.2) is 24.3 Å². The summed E-state index contributed by atoms with van der Waals surface area (Å²) >= 11 is 0. The van der Waals surface area contributed by atoms with Crippen LogP contribution in [0.5, 0.6) is 0 Å². The molecule has 4 rings (SSSR count). The van der Waals surface area contributed by atoms with Gasteiger partial charge in [-0.05, 0) is 62.3 Å². The van der Waals surface area contributed by atoms with Crippen molar-refractivity contribution < 1.29 is 9.50 Å². The fourth-order valence-corrected chi connectivity index (χ4v) is 5.75. The van der Waals surface area contributed by atoms with Gasteiger partial charge in [-0.1, -0.05) is 19.3 Å². The summed E-state index contributed by atoms with van der Waals surface area (Å²) in [5, 5.41) is 9.64. The first-order valence-electron chi connectivity index (χ1n) is 11.8. The lowest BCUT2D eigenvalue weighted by molar-refractivity contribution is 0.0184. The van der Waals surface area contributed by atoms with Gasteiger partial charge in [0.25, 0.3) is 0 Å². The van der Waals surface area contributed by atoms with E-state index in [4.69, 9.17) is 0 Å². The minimum atomic E-state index is -0.162. The molecule has 0 aromatic heterocycles. The van der Waals surface area contributed by atoms with Gasteiger partial charge in [-0.25, -0.2) is 4.39 Å². The van der Waals surface area contributed by atoms with Crippen LogP contribution in [0.25, 0.3) is 0 Å². The Labute approximate surface area is 175 Å². The predicted octanol–water partition coefficient (Wildman–Crippen LogP) is 3.74. The van der Waals surface area contributed by atoms with Crippen LogP contribution in [0.2, 0.25) is 0 Å². The first-order chi connectivity index (χ1) is 14.2. The van der Waals surface area contributed by atoms with E-state index in [0.717, 1.165) is 50.7 Å². The van der Waals surface area contributed by atoms with E-state index in [-0.39, 0.29) is 5.82 Å². The predicted molar refractivity (Wildman–Crippen MR) is 117 cm³/mol. The Kier molecular flexibility index (Phi) is 7.44. The van der Waals surface area contributed by atoms with Crippen LogP contribution in [-0.2, 0) is 0 Å². The second-order valence-electron chi connectivity index (χ2n) is 9.35. The molecule has 0 radical (unpaired) electrons. The summed E-state index contributed by atoms with van der Waals surface area (Å²) in [4.78, 5) is 7.77. The minimum absolute atomic E-state index is 0.162.